The first-order valence-corrected chi connectivity index (χ1v) is 5.96. The Morgan fingerprint density at radius 2 is 1.95 bits per heavy atom. The van der Waals surface area contributed by atoms with Gasteiger partial charge in [0.25, 0.3) is 0 Å². The third-order valence-corrected chi connectivity index (χ3v) is 2.69. The number of aromatic carboxylic acids is 1. The molecule has 0 radical (unpaired) electrons. The minimum absolute atomic E-state index is 0.0839. The van der Waals surface area contributed by atoms with Gasteiger partial charge >= 0.3 is 5.97 Å². The van der Waals surface area contributed by atoms with E-state index < -0.39 is 5.97 Å². The van der Waals surface area contributed by atoms with Gasteiger partial charge in [-0.15, -0.1) is 0 Å². The van der Waals surface area contributed by atoms with Crippen molar-refractivity contribution in [2.75, 3.05) is 0 Å². The van der Waals surface area contributed by atoms with Crippen LogP contribution in [0.4, 0.5) is 0 Å². The molecule has 0 saturated carbocycles. The molecule has 0 unspecified atom stereocenters. The third-order valence-electron chi connectivity index (χ3n) is 2.69. The van der Waals surface area contributed by atoms with Crippen LogP contribution in [0.2, 0.25) is 0 Å². The lowest BCUT2D eigenvalue weighted by molar-refractivity contribution is 0.0694. The maximum atomic E-state index is 11.2. The fourth-order valence-electron chi connectivity index (χ4n) is 1.68. The van der Waals surface area contributed by atoms with E-state index in [-0.39, 0.29) is 17.1 Å². The average Bonchev–Trinajstić information content (AvgIpc) is 2.41. The van der Waals surface area contributed by atoms with E-state index in [4.69, 9.17) is 9.84 Å². The highest BCUT2D eigenvalue weighted by molar-refractivity contribution is 5.92. The molecule has 5 heteroatoms. The summed E-state index contributed by atoms with van der Waals surface area (Å²) in [5, 5.41) is 9.14. The SMILES string of the molecule is CC(=O)c1ccc(Oc2ccc(C)cc2C(=O)O)cn1. The van der Waals surface area contributed by atoms with Gasteiger partial charge in [0.2, 0.25) is 0 Å². The fraction of sp³-hybridized carbons (Fsp3) is 0.133. The Balaban J connectivity index is 2.30. The zero-order chi connectivity index (χ0) is 14.7. The van der Waals surface area contributed by atoms with Crippen molar-refractivity contribution in [1.82, 2.24) is 4.98 Å². The largest absolute Gasteiger partial charge is 0.478 e. The molecular weight excluding hydrogens is 258 g/mol. The number of hydrogen-bond acceptors (Lipinski definition) is 4. The van der Waals surface area contributed by atoms with E-state index in [9.17, 15) is 9.59 Å². The molecule has 1 aromatic heterocycles. The van der Waals surface area contributed by atoms with Crippen molar-refractivity contribution < 1.29 is 19.4 Å². The van der Waals surface area contributed by atoms with Gasteiger partial charge in [0.15, 0.2) is 5.78 Å². The Morgan fingerprint density at radius 1 is 1.20 bits per heavy atom. The minimum atomic E-state index is -1.06. The molecule has 1 heterocycles. The van der Waals surface area contributed by atoms with Crippen LogP contribution in [0.25, 0.3) is 0 Å². The topological polar surface area (TPSA) is 76.5 Å². The zero-order valence-corrected chi connectivity index (χ0v) is 11.1. The highest BCUT2D eigenvalue weighted by Crippen LogP contribution is 2.26. The van der Waals surface area contributed by atoms with Crippen LogP contribution in [-0.2, 0) is 0 Å². The third kappa shape index (κ3) is 3.00. The average molecular weight is 271 g/mol. The van der Waals surface area contributed by atoms with Crippen LogP contribution in [0.1, 0.15) is 33.3 Å². The molecule has 0 saturated heterocycles. The van der Waals surface area contributed by atoms with E-state index in [0.29, 0.717) is 11.4 Å². The van der Waals surface area contributed by atoms with Gasteiger partial charge in [-0.05, 0) is 31.2 Å². The van der Waals surface area contributed by atoms with Crippen molar-refractivity contribution in [2.24, 2.45) is 0 Å². The van der Waals surface area contributed by atoms with Crippen LogP contribution in [0.15, 0.2) is 36.5 Å². The number of rotatable bonds is 4. The fourth-order valence-corrected chi connectivity index (χ4v) is 1.68. The van der Waals surface area contributed by atoms with Gasteiger partial charge in [0, 0.05) is 6.92 Å². The quantitative estimate of drug-likeness (QED) is 0.865. The Kier molecular flexibility index (Phi) is 3.79. The number of carboxylic acids is 1. The van der Waals surface area contributed by atoms with Gasteiger partial charge in [-0.1, -0.05) is 11.6 Å². The predicted molar refractivity (Wildman–Crippen MR) is 72.5 cm³/mol. The Labute approximate surface area is 115 Å². The molecule has 5 nitrogen and oxygen atoms in total. The van der Waals surface area contributed by atoms with Gasteiger partial charge in [0.1, 0.15) is 22.8 Å². The number of Topliss-reactive ketones (excluding diaryl/α,β-unsaturated/α-hetero) is 1. The van der Waals surface area contributed by atoms with Crippen molar-refractivity contribution in [2.45, 2.75) is 13.8 Å². The van der Waals surface area contributed by atoms with Crippen molar-refractivity contribution in [3.05, 3.63) is 53.3 Å². The van der Waals surface area contributed by atoms with E-state index >= 15 is 0 Å². The van der Waals surface area contributed by atoms with E-state index in [1.165, 1.54) is 25.3 Å². The number of nitrogens with zero attached hydrogens (tertiary/aromatic N) is 1. The number of carboxylic acid groups (broad SMARTS) is 1. The molecule has 0 aliphatic heterocycles. The van der Waals surface area contributed by atoms with Crippen molar-refractivity contribution >= 4 is 11.8 Å². The monoisotopic (exact) mass is 271 g/mol. The van der Waals surface area contributed by atoms with E-state index in [2.05, 4.69) is 4.98 Å². The van der Waals surface area contributed by atoms with Crippen molar-refractivity contribution in [3.8, 4) is 11.5 Å². The minimum Gasteiger partial charge on any atom is -0.478 e. The lowest BCUT2D eigenvalue weighted by Gasteiger charge is -2.09. The first-order valence-electron chi connectivity index (χ1n) is 5.96. The summed E-state index contributed by atoms with van der Waals surface area (Å²) in [6.45, 7) is 3.23. The summed E-state index contributed by atoms with van der Waals surface area (Å²) < 4.78 is 5.51. The molecule has 2 aromatic rings. The van der Waals surface area contributed by atoms with E-state index in [1.807, 2.05) is 0 Å². The first kappa shape index (κ1) is 13.7. The number of carbonyl (C=O) groups excluding carboxylic acids is 1. The Morgan fingerprint density at radius 3 is 2.50 bits per heavy atom. The summed E-state index contributed by atoms with van der Waals surface area (Å²) in [5.74, 6) is -0.586. The number of pyridine rings is 1. The summed E-state index contributed by atoms with van der Waals surface area (Å²) in [6, 6.07) is 8.01. The number of hydrogen-bond donors (Lipinski definition) is 1. The van der Waals surface area contributed by atoms with E-state index in [0.717, 1.165) is 5.56 Å². The summed E-state index contributed by atoms with van der Waals surface area (Å²) >= 11 is 0. The molecule has 20 heavy (non-hydrogen) atoms. The van der Waals surface area contributed by atoms with E-state index in [1.54, 1.807) is 25.1 Å². The van der Waals surface area contributed by atoms with Gasteiger partial charge in [0.05, 0.1) is 6.20 Å². The molecule has 0 amide bonds. The number of ether oxygens (including phenoxy) is 1. The number of aryl methyl sites for hydroxylation is 1. The predicted octanol–water partition coefficient (Wildman–Crippen LogP) is 3.08. The van der Waals surface area contributed by atoms with Gasteiger partial charge < -0.3 is 9.84 Å². The van der Waals surface area contributed by atoms with Crippen LogP contribution in [0, 0.1) is 6.92 Å². The maximum absolute atomic E-state index is 11.2. The van der Waals surface area contributed by atoms with Crippen LogP contribution < -0.4 is 4.74 Å². The number of aromatic nitrogens is 1. The summed E-state index contributed by atoms with van der Waals surface area (Å²) in [5.41, 5.74) is 1.25. The number of ketones is 1. The second-order valence-corrected chi connectivity index (χ2v) is 4.34. The van der Waals surface area contributed by atoms with Crippen LogP contribution in [0.5, 0.6) is 11.5 Å². The molecule has 0 atom stereocenters. The normalized spacial score (nSPS) is 10.1. The second-order valence-electron chi connectivity index (χ2n) is 4.34. The lowest BCUT2D eigenvalue weighted by atomic mass is 10.1. The second kappa shape index (κ2) is 5.52. The van der Waals surface area contributed by atoms with Gasteiger partial charge in [-0.25, -0.2) is 9.78 Å². The molecule has 1 aromatic carbocycles. The molecule has 0 fully saturated rings. The first-order chi connectivity index (χ1) is 9.47. The molecule has 1 N–H and O–H groups in total. The van der Waals surface area contributed by atoms with Crippen LogP contribution in [-0.4, -0.2) is 21.8 Å². The highest BCUT2D eigenvalue weighted by Gasteiger charge is 2.12. The smallest absolute Gasteiger partial charge is 0.339 e. The Hall–Kier alpha value is -2.69. The molecule has 0 spiro atoms. The lowest BCUT2D eigenvalue weighted by Crippen LogP contribution is -2.01. The summed E-state index contributed by atoms with van der Waals surface area (Å²) in [6.07, 6.45) is 1.39. The molecule has 2 rings (SSSR count). The Bertz CT molecular complexity index is 662. The molecule has 102 valence electrons. The highest BCUT2D eigenvalue weighted by atomic mass is 16.5. The van der Waals surface area contributed by atoms with Crippen LogP contribution >= 0.6 is 0 Å². The molecular formula is C15H13NO4. The molecule has 0 aliphatic carbocycles. The molecule has 0 aliphatic rings. The summed E-state index contributed by atoms with van der Waals surface area (Å²) in [7, 11) is 0. The van der Waals surface area contributed by atoms with Crippen LogP contribution in [0.3, 0.4) is 0 Å². The van der Waals surface area contributed by atoms with Crippen molar-refractivity contribution in [3.63, 3.8) is 0 Å². The number of carbonyl (C=O) groups is 2. The maximum Gasteiger partial charge on any atom is 0.339 e. The van der Waals surface area contributed by atoms with Crippen molar-refractivity contribution in [1.29, 1.82) is 0 Å². The standard InChI is InChI=1S/C15H13NO4/c1-9-3-6-14(12(7-9)15(18)19)20-11-4-5-13(10(2)17)16-8-11/h3-8H,1-2H3,(H,18,19). The summed E-state index contributed by atoms with van der Waals surface area (Å²) in [4.78, 5) is 26.2. The van der Waals surface area contributed by atoms with Gasteiger partial charge in [-0.3, -0.25) is 4.79 Å². The number of benzene rings is 1. The zero-order valence-electron chi connectivity index (χ0n) is 11.1. The molecule has 0 bridgehead atoms. The van der Waals surface area contributed by atoms with Gasteiger partial charge in [-0.2, -0.15) is 0 Å².